The number of hydrogen-bond donors (Lipinski definition) is 0. The molecule has 3 rings (SSSR count). The maximum Gasteiger partial charge on any atom is 0.159 e. The third-order valence-electron chi connectivity index (χ3n) is 2.79. The second-order valence-corrected chi connectivity index (χ2v) is 4.15. The van der Waals surface area contributed by atoms with Crippen molar-refractivity contribution in [2.75, 3.05) is 0 Å². The second kappa shape index (κ2) is 3.98. The lowest BCUT2D eigenvalue weighted by atomic mass is 10.1. The number of rotatable bonds is 1. The van der Waals surface area contributed by atoms with Gasteiger partial charge in [-0.3, -0.25) is 0 Å². The van der Waals surface area contributed by atoms with Crippen LogP contribution in [-0.2, 0) is 0 Å². The summed E-state index contributed by atoms with van der Waals surface area (Å²) in [5, 5.41) is 2.46. The minimum absolute atomic E-state index is 0.779. The van der Waals surface area contributed by atoms with Crippen LogP contribution in [0.4, 0.5) is 0 Å². The minimum Gasteiger partial charge on any atom is -0.236 e. The van der Waals surface area contributed by atoms with E-state index >= 15 is 0 Å². The molecule has 0 fully saturated rings. The van der Waals surface area contributed by atoms with Gasteiger partial charge in [-0.25, -0.2) is 9.97 Å². The molecule has 0 saturated heterocycles. The van der Waals surface area contributed by atoms with Crippen molar-refractivity contribution >= 4 is 10.8 Å². The normalized spacial score (nSPS) is 10.6. The van der Waals surface area contributed by atoms with Crippen molar-refractivity contribution in [3.63, 3.8) is 0 Å². The van der Waals surface area contributed by atoms with Crippen molar-refractivity contribution in [3.05, 3.63) is 60.4 Å². The van der Waals surface area contributed by atoms with E-state index in [1.54, 1.807) is 0 Å². The Kier molecular flexibility index (Phi) is 2.33. The predicted octanol–water partition coefficient (Wildman–Crippen LogP) is 3.61. The summed E-state index contributed by atoms with van der Waals surface area (Å²) < 4.78 is 0. The molecular weight excluding hydrogens is 208 g/mol. The molecule has 2 aromatic carbocycles. The highest BCUT2D eigenvalue weighted by Crippen LogP contribution is 2.21. The Bertz CT molecular complexity index is 657. The van der Waals surface area contributed by atoms with Crippen LogP contribution >= 0.6 is 0 Å². The smallest absolute Gasteiger partial charge is 0.159 e. The first-order valence-corrected chi connectivity index (χ1v) is 5.61. The van der Waals surface area contributed by atoms with Crippen molar-refractivity contribution in [2.45, 2.75) is 6.92 Å². The Hall–Kier alpha value is -2.22. The molecule has 0 saturated carbocycles. The summed E-state index contributed by atoms with van der Waals surface area (Å²) in [5.41, 5.74) is 2.14. The van der Waals surface area contributed by atoms with Gasteiger partial charge in [-0.05, 0) is 29.3 Å². The molecule has 2 nitrogen and oxygen atoms in total. The molecule has 0 spiro atoms. The lowest BCUT2D eigenvalue weighted by Gasteiger charge is -2.02. The number of hydrogen-bond acceptors (Lipinski definition) is 2. The molecule has 0 radical (unpaired) electrons. The molecule has 1 heterocycles. The molecule has 2 heteroatoms. The zero-order chi connectivity index (χ0) is 11.7. The van der Waals surface area contributed by atoms with Crippen molar-refractivity contribution < 1.29 is 0 Å². The Morgan fingerprint density at radius 1 is 0.824 bits per heavy atom. The van der Waals surface area contributed by atoms with Gasteiger partial charge in [0, 0.05) is 18.0 Å². The third-order valence-corrected chi connectivity index (χ3v) is 2.79. The molecule has 0 unspecified atom stereocenters. The summed E-state index contributed by atoms with van der Waals surface area (Å²) in [7, 11) is 0. The average Bonchev–Trinajstić information content (AvgIpc) is 2.39. The summed E-state index contributed by atoms with van der Waals surface area (Å²) in [4.78, 5) is 8.69. The van der Waals surface area contributed by atoms with Gasteiger partial charge in [0.15, 0.2) is 5.82 Å². The molecule has 0 aliphatic rings. The van der Waals surface area contributed by atoms with E-state index in [4.69, 9.17) is 0 Å². The van der Waals surface area contributed by atoms with E-state index in [0.29, 0.717) is 0 Å². The number of aromatic nitrogens is 2. The van der Waals surface area contributed by atoms with E-state index in [-0.39, 0.29) is 0 Å². The van der Waals surface area contributed by atoms with Gasteiger partial charge >= 0.3 is 0 Å². The molecular formula is C15H12N2. The molecule has 0 bridgehead atoms. The largest absolute Gasteiger partial charge is 0.236 e. The SMILES string of the molecule is Cc1cnc(-c2ccc3ccccc3c2)nc1. The fraction of sp³-hybridized carbons (Fsp3) is 0.0667. The van der Waals surface area contributed by atoms with Crippen LogP contribution in [0.1, 0.15) is 5.56 Å². The summed E-state index contributed by atoms with van der Waals surface area (Å²) in [6.07, 6.45) is 3.69. The molecule has 1 aromatic heterocycles. The summed E-state index contributed by atoms with van der Waals surface area (Å²) >= 11 is 0. The highest BCUT2D eigenvalue weighted by atomic mass is 14.9. The maximum absolute atomic E-state index is 4.34. The van der Waals surface area contributed by atoms with Gasteiger partial charge in [0.05, 0.1) is 0 Å². The molecule has 0 aliphatic carbocycles. The fourth-order valence-electron chi connectivity index (χ4n) is 1.87. The summed E-state index contributed by atoms with van der Waals surface area (Å²) in [5.74, 6) is 0.779. The molecule has 0 aliphatic heterocycles. The standard InChI is InChI=1S/C15H12N2/c1-11-9-16-15(17-10-11)14-7-6-12-4-2-3-5-13(12)8-14/h2-10H,1H3. The van der Waals surface area contributed by atoms with Gasteiger partial charge in [-0.15, -0.1) is 0 Å². The summed E-state index contributed by atoms with van der Waals surface area (Å²) in [6.45, 7) is 1.99. The highest BCUT2D eigenvalue weighted by Gasteiger charge is 2.01. The number of fused-ring (bicyclic) bond motifs is 1. The van der Waals surface area contributed by atoms with Crippen LogP contribution in [0.2, 0.25) is 0 Å². The van der Waals surface area contributed by atoms with E-state index in [0.717, 1.165) is 17.0 Å². The van der Waals surface area contributed by atoms with Crippen LogP contribution in [0.15, 0.2) is 54.9 Å². The van der Waals surface area contributed by atoms with Gasteiger partial charge in [0.25, 0.3) is 0 Å². The topological polar surface area (TPSA) is 25.8 Å². The highest BCUT2D eigenvalue weighted by molar-refractivity contribution is 5.86. The molecule has 3 aromatic rings. The van der Waals surface area contributed by atoms with Crippen molar-refractivity contribution in [1.29, 1.82) is 0 Å². The van der Waals surface area contributed by atoms with Gasteiger partial charge in [0.2, 0.25) is 0 Å². The van der Waals surface area contributed by atoms with Crippen LogP contribution in [-0.4, -0.2) is 9.97 Å². The lowest BCUT2D eigenvalue weighted by molar-refractivity contribution is 1.14. The average molecular weight is 220 g/mol. The Morgan fingerprint density at radius 2 is 1.53 bits per heavy atom. The minimum atomic E-state index is 0.779. The quantitative estimate of drug-likeness (QED) is 0.626. The van der Waals surface area contributed by atoms with Gasteiger partial charge in [-0.1, -0.05) is 36.4 Å². The monoisotopic (exact) mass is 220 g/mol. The van der Waals surface area contributed by atoms with Crippen LogP contribution in [0.3, 0.4) is 0 Å². The first-order valence-electron chi connectivity index (χ1n) is 5.61. The van der Waals surface area contributed by atoms with Crippen LogP contribution in [0.25, 0.3) is 22.2 Å². The molecule has 0 N–H and O–H groups in total. The molecule has 17 heavy (non-hydrogen) atoms. The van der Waals surface area contributed by atoms with Gasteiger partial charge < -0.3 is 0 Å². The van der Waals surface area contributed by atoms with Crippen molar-refractivity contribution in [1.82, 2.24) is 9.97 Å². The van der Waals surface area contributed by atoms with E-state index < -0.39 is 0 Å². The van der Waals surface area contributed by atoms with Crippen LogP contribution in [0.5, 0.6) is 0 Å². The third kappa shape index (κ3) is 1.89. The molecule has 0 amide bonds. The number of benzene rings is 2. The van der Waals surface area contributed by atoms with Crippen LogP contribution in [0, 0.1) is 6.92 Å². The van der Waals surface area contributed by atoms with E-state index in [1.807, 2.05) is 31.5 Å². The fourth-order valence-corrected chi connectivity index (χ4v) is 1.87. The Morgan fingerprint density at radius 3 is 2.29 bits per heavy atom. The number of nitrogens with zero attached hydrogens (tertiary/aromatic N) is 2. The Balaban J connectivity index is 2.14. The zero-order valence-electron chi connectivity index (χ0n) is 9.59. The number of aryl methyl sites for hydroxylation is 1. The van der Waals surface area contributed by atoms with Gasteiger partial charge in [-0.2, -0.15) is 0 Å². The Labute approximate surface area is 100.0 Å². The predicted molar refractivity (Wildman–Crippen MR) is 69.7 cm³/mol. The van der Waals surface area contributed by atoms with E-state index in [9.17, 15) is 0 Å². The molecule has 82 valence electrons. The zero-order valence-corrected chi connectivity index (χ0v) is 9.59. The van der Waals surface area contributed by atoms with Crippen molar-refractivity contribution in [2.24, 2.45) is 0 Å². The summed E-state index contributed by atoms with van der Waals surface area (Å²) in [6, 6.07) is 14.6. The van der Waals surface area contributed by atoms with Gasteiger partial charge in [0.1, 0.15) is 0 Å². The maximum atomic E-state index is 4.34. The van der Waals surface area contributed by atoms with Crippen LogP contribution < -0.4 is 0 Å². The van der Waals surface area contributed by atoms with Crippen molar-refractivity contribution in [3.8, 4) is 11.4 Å². The second-order valence-electron chi connectivity index (χ2n) is 4.15. The lowest BCUT2D eigenvalue weighted by Crippen LogP contribution is -1.88. The van der Waals surface area contributed by atoms with E-state index in [2.05, 4.69) is 40.3 Å². The first-order chi connectivity index (χ1) is 8.33. The molecule has 0 atom stereocenters. The first kappa shape index (κ1) is 9.97. The van der Waals surface area contributed by atoms with E-state index in [1.165, 1.54) is 10.8 Å².